The topological polar surface area (TPSA) is 73.3 Å². The van der Waals surface area contributed by atoms with E-state index in [9.17, 15) is 13.6 Å². The number of rotatable bonds is 2. The van der Waals surface area contributed by atoms with Crippen LogP contribution in [0.5, 0.6) is 11.5 Å². The quantitative estimate of drug-likeness (QED) is 0.922. The van der Waals surface area contributed by atoms with Crippen LogP contribution in [0.1, 0.15) is 10.5 Å². The minimum atomic E-state index is -3.70. The lowest BCUT2D eigenvalue weighted by molar-refractivity contribution is -0.286. The van der Waals surface area contributed by atoms with Crippen molar-refractivity contribution in [3.63, 3.8) is 0 Å². The molecule has 0 saturated heterocycles. The van der Waals surface area contributed by atoms with Gasteiger partial charge in [-0.25, -0.2) is 9.97 Å². The number of nitrogens with zero attached hydrogens (tertiary/aromatic N) is 2. The van der Waals surface area contributed by atoms with E-state index in [0.29, 0.717) is 0 Å². The van der Waals surface area contributed by atoms with Crippen LogP contribution in [0.4, 0.5) is 14.5 Å². The minimum absolute atomic E-state index is 0.0300. The predicted molar refractivity (Wildman–Crippen MR) is 67.6 cm³/mol. The van der Waals surface area contributed by atoms with Gasteiger partial charge < -0.3 is 14.8 Å². The Bertz CT molecular complexity index is 709. The molecular weight excluding hydrogens is 308 g/mol. The Morgan fingerprint density at radius 2 is 1.95 bits per heavy atom. The summed E-state index contributed by atoms with van der Waals surface area (Å²) in [6, 6.07) is 3.88. The second kappa shape index (κ2) is 4.81. The molecular formula is C12H6ClF2N3O3. The third-order valence-corrected chi connectivity index (χ3v) is 2.71. The molecule has 21 heavy (non-hydrogen) atoms. The Morgan fingerprint density at radius 3 is 2.67 bits per heavy atom. The molecule has 0 bridgehead atoms. The van der Waals surface area contributed by atoms with Crippen LogP contribution in [0.15, 0.2) is 30.6 Å². The van der Waals surface area contributed by atoms with Crippen molar-refractivity contribution in [1.29, 1.82) is 0 Å². The largest absolute Gasteiger partial charge is 0.586 e. The molecule has 0 saturated carbocycles. The lowest BCUT2D eigenvalue weighted by Gasteiger charge is -2.05. The van der Waals surface area contributed by atoms with Crippen molar-refractivity contribution in [3.05, 3.63) is 41.4 Å². The van der Waals surface area contributed by atoms with E-state index in [1.165, 1.54) is 30.6 Å². The van der Waals surface area contributed by atoms with Gasteiger partial charge in [-0.2, -0.15) is 0 Å². The maximum atomic E-state index is 12.9. The Hall–Kier alpha value is -2.48. The minimum Gasteiger partial charge on any atom is -0.395 e. The highest BCUT2D eigenvalue weighted by Gasteiger charge is 2.43. The Kier molecular flexibility index (Phi) is 3.09. The number of halogens is 3. The smallest absolute Gasteiger partial charge is 0.395 e. The van der Waals surface area contributed by atoms with E-state index in [4.69, 9.17) is 11.6 Å². The van der Waals surface area contributed by atoms with Crippen molar-refractivity contribution in [2.75, 3.05) is 5.32 Å². The summed E-state index contributed by atoms with van der Waals surface area (Å²) in [6.45, 7) is 0. The third-order valence-electron chi connectivity index (χ3n) is 2.51. The number of nitrogens with one attached hydrogen (secondary N) is 1. The summed E-state index contributed by atoms with van der Waals surface area (Å²) in [7, 11) is 0. The zero-order valence-electron chi connectivity index (χ0n) is 10.1. The van der Waals surface area contributed by atoms with Gasteiger partial charge in [-0.1, -0.05) is 11.6 Å². The van der Waals surface area contributed by atoms with Gasteiger partial charge in [0.05, 0.1) is 12.4 Å². The number of amides is 1. The summed E-state index contributed by atoms with van der Waals surface area (Å²) in [6.07, 6.45) is -1.29. The first-order valence-corrected chi connectivity index (χ1v) is 5.99. The third kappa shape index (κ3) is 2.84. The van der Waals surface area contributed by atoms with Crippen molar-refractivity contribution >= 4 is 23.2 Å². The molecule has 2 aromatic rings. The van der Waals surface area contributed by atoms with Crippen molar-refractivity contribution in [1.82, 2.24) is 9.97 Å². The fourth-order valence-electron chi connectivity index (χ4n) is 1.65. The maximum Gasteiger partial charge on any atom is 0.586 e. The van der Waals surface area contributed by atoms with Crippen LogP contribution >= 0.6 is 11.6 Å². The Balaban J connectivity index is 1.77. The van der Waals surface area contributed by atoms with E-state index in [1.54, 1.807) is 0 Å². The number of carbonyl (C=O) groups is 1. The van der Waals surface area contributed by atoms with Crippen LogP contribution in [0.25, 0.3) is 0 Å². The van der Waals surface area contributed by atoms with Crippen LogP contribution in [0.3, 0.4) is 0 Å². The molecule has 1 aromatic carbocycles. The first-order chi connectivity index (χ1) is 9.93. The molecule has 9 heteroatoms. The first-order valence-electron chi connectivity index (χ1n) is 5.62. The van der Waals surface area contributed by atoms with Crippen molar-refractivity contribution in [2.45, 2.75) is 6.29 Å². The molecule has 1 aliphatic rings. The van der Waals surface area contributed by atoms with E-state index in [1.807, 2.05) is 0 Å². The number of benzene rings is 1. The van der Waals surface area contributed by atoms with E-state index in [2.05, 4.69) is 24.8 Å². The van der Waals surface area contributed by atoms with Gasteiger partial charge in [0, 0.05) is 11.8 Å². The van der Waals surface area contributed by atoms with Gasteiger partial charge in [-0.05, 0) is 12.1 Å². The molecule has 0 radical (unpaired) electrons. The standard InChI is InChI=1S/C12H6ClF2N3O3/c13-10-5-16-7(4-17-10)11(19)18-6-1-2-8-9(3-6)21-12(14,15)20-8/h1-5H,(H,18,19). The van der Waals surface area contributed by atoms with Crippen LogP contribution < -0.4 is 14.8 Å². The van der Waals surface area contributed by atoms with Gasteiger partial charge >= 0.3 is 6.29 Å². The molecule has 1 aromatic heterocycles. The lowest BCUT2D eigenvalue weighted by atomic mass is 10.2. The summed E-state index contributed by atoms with van der Waals surface area (Å²) in [5.74, 6) is -0.839. The number of anilines is 1. The lowest BCUT2D eigenvalue weighted by Crippen LogP contribution is -2.25. The zero-order valence-corrected chi connectivity index (χ0v) is 10.9. The molecule has 1 N–H and O–H groups in total. The number of ether oxygens (including phenoxy) is 2. The Labute approximate surface area is 121 Å². The van der Waals surface area contributed by atoms with Crippen molar-refractivity contribution in [3.8, 4) is 11.5 Å². The number of aromatic nitrogens is 2. The molecule has 2 heterocycles. The number of alkyl halides is 2. The van der Waals surface area contributed by atoms with Gasteiger partial charge in [-0.3, -0.25) is 4.79 Å². The molecule has 6 nitrogen and oxygen atoms in total. The highest BCUT2D eigenvalue weighted by molar-refractivity contribution is 6.29. The number of fused-ring (bicyclic) bond motifs is 1. The van der Waals surface area contributed by atoms with Gasteiger partial charge in [-0.15, -0.1) is 8.78 Å². The first kappa shape index (κ1) is 13.5. The average molecular weight is 314 g/mol. The molecule has 108 valence electrons. The van der Waals surface area contributed by atoms with E-state index >= 15 is 0 Å². The van der Waals surface area contributed by atoms with Gasteiger partial charge in [0.15, 0.2) is 11.5 Å². The monoisotopic (exact) mass is 313 g/mol. The Morgan fingerprint density at radius 1 is 1.19 bits per heavy atom. The highest BCUT2D eigenvalue weighted by Crippen LogP contribution is 2.42. The summed E-state index contributed by atoms with van der Waals surface area (Å²) in [4.78, 5) is 19.4. The second-order valence-electron chi connectivity index (χ2n) is 4.01. The van der Waals surface area contributed by atoms with Gasteiger partial charge in [0.2, 0.25) is 0 Å². The summed E-state index contributed by atoms with van der Waals surface area (Å²) < 4.78 is 34.3. The average Bonchev–Trinajstić information content (AvgIpc) is 2.72. The van der Waals surface area contributed by atoms with Crippen LogP contribution in [0, 0.1) is 0 Å². The molecule has 0 spiro atoms. The zero-order chi connectivity index (χ0) is 15.0. The fraction of sp³-hybridized carbons (Fsp3) is 0.0833. The number of carbonyl (C=O) groups excluding carboxylic acids is 1. The molecule has 1 aliphatic heterocycles. The van der Waals surface area contributed by atoms with Crippen LogP contribution in [0.2, 0.25) is 5.15 Å². The van der Waals surface area contributed by atoms with Crippen molar-refractivity contribution in [2.24, 2.45) is 0 Å². The fourth-order valence-corrected chi connectivity index (χ4v) is 1.75. The molecule has 1 amide bonds. The normalized spacial score (nSPS) is 14.8. The molecule has 0 atom stereocenters. The molecule has 0 fully saturated rings. The SMILES string of the molecule is O=C(Nc1ccc2c(c1)OC(F)(F)O2)c1cnc(Cl)cn1. The molecule has 0 unspecified atom stereocenters. The summed E-state index contributed by atoms with van der Waals surface area (Å²) in [5.41, 5.74) is 0.277. The predicted octanol–water partition coefficient (Wildman–Crippen LogP) is 2.70. The van der Waals surface area contributed by atoms with Crippen molar-refractivity contribution < 1.29 is 23.0 Å². The molecule has 3 rings (SSSR count). The van der Waals surface area contributed by atoms with E-state index in [-0.39, 0.29) is 28.0 Å². The summed E-state index contributed by atoms with van der Waals surface area (Å²) >= 11 is 5.56. The molecule has 0 aliphatic carbocycles. The van der Waals surface area contributed by atoms with E-state index < -0.39 is 12.2 Å². The highest BCUT2D eigenvalue weighted by atomic mass is 35.5. The van der Waals surface area contributed by atoms with Gasteiger partial charge in [0.25, 0.3) is 5.91 Å². The van der Waals surface area contributed by atoms with Gasteiger partial charge in [0.1, 0.15) is 10.8 Å². The summed E-state index contributed by atoms with van der Waals surface area (Å²) in [5, 5.41) is 2.62. The second-order valence-corrected chi connectivity index (χ2v) is 4.39. The number of hydrogen-bond donors (Lipinski definition) is 1. The van der Waals surface area contributed by atoms with Crippen LogP contribution in [-0.4, -0.2) is 22.2 Å². The van der Waals surface area contributed by atoms with Crippen LogP contribution in [-0.2, 0) is 0 Å². The maximum absolute atomic E-state index is 12.9. The number of hydrogen-bond acceptors (Lipinski definition) is 5. The van der Waals surface area contributed by atoms with E-state index in [0.717, 1.165) is 0 Å².